The van der Waals surface area contributed by atoms with Gasteiger partial charge in [0.15, 0.2) is 17.5 Å². The van der Waals surface area contributed by atoms with Crippen molar-refractivity contribution < 1.29 is 18.3 Å². The molecule has 0 aliphatic carbocycles. The minimum atomic E-state index is -1.60. The largest absolute Gasteiger partial charge is 0.383 e. The first-order chi connectivity index (χ1) is 9.23. The molecule has 0 saturated carbocycles. The van der Waals surface area contributed by atoms with Crippen LogP contribution in [-0.4, -0.2) is 14.7 Å². The van der Waals surface area contributed by atoms with E-state index in [0.717, 1.165) is 23.7 Å². The van der Waals surface area contributed by atoms with Crippen LogP contribution in [-0.2, 0) is 5.41 Å². The quantitative estimate of drug-likeness (QED) is 0.866. The number of benzene rings is 1. The summed E-state index contributed by atoms with van der Waals surface area (Å²) in [5, 5.41) is 14.1. The minimum absolute atomic E-state index is 0.322. The van der Waals surface area contributed by atoms with Crippen LogP contribution in [0.5, 0.6) is 0 Å². The number of hydrogen-bond acceptors (Lipinski definition) is 4. The van der Waals surface area contributed by atoms with Crippen molar-refractivity contribution in [1.29, 1.82) is 0 Å². The molecular formula is C13H13F3N2OS. The Hall–Kier alpha value is -1.47. The molecule has 0 radical (unpaired) electrons. The van der Waals surface area contributed by atoms with E-state index in [2.05, 4.69) is 9.59 Å². The lowest BCUT2D eigenvalue weighted by Crippen LogP contribution is -2.16. The van der Waals surface area contributed by atoms with E-state index < -0.39 is 29.0 Å². The molecular weight excluding hydrogens is 289 g/mol. The molecule has 108 valence electrons. The number of rotatable bonds is 2. The Kier molecular flexibility index (Phi) is 3.84. The maximum atomic E-state index is 13.7. The third kappa shape index (κ3) is 2.55. The van der Waals surface area contributed by atoms with Crippen LogP contribution in [0.2, 0.25) is 0 Å². The second-order valence-corrected chi connectivity index (χ2v) is 6.19. The molecule has 7 heteroatoms. The number of halogens is 3. The molecule has 0 amide bonds. The molecule has 1 heterocycles. The number of hydrogen-bond donors (Lipinski definition) is 1. The SMILES string of the molecule is CC(C)(C)c1nnsc1C(O)c1ccc(F)c(F)c1F. The van der Waals surface area contributed by atoms with E-state index >= 15 is 0 Å². The van der Waals surface area contributed by atoms with Gasteiger partial charge in [0, 0.05) is 11.0 Å². The molecule has 2 rings (SSSR count). The number of aliphatic hydroxyl groups excluding tert-OH is 1. The molecule has 0 saturated heterocycles. The van der Waals surface area contributed by atoms with Crippen molar-refractivity contribution in [3.63, 3.8) is 0 Å². The molecule has 3 nitrogen and oxygen atoms in total. The maximum absolute atomic E-state index is 13.7. The fourth-order valence-electron chi connectivity index (χ4n) is 1.79. The van der Waals surface area contributed by atoms with E-state index in [0.29, 0.717) is 10.6 Å². The Balaban J connectivity index is 2.50. The van der Waals surface area contributed by atoms with Gasteiger partial charge in [-0.25, -0.2) is 13.2 Å². The van der Waals surface area contributed by atoms with Gasteiger partial charge < -0.3 is 5.11 Å². The standard InChI is InChI=1S/C13H13F3N2OS/c1-13(2,3)12-11(20-18-17-12)10(19)6-4-5-7(14)9(16)8(6)15/h4-5,10,19H,1-3H3. The van der Waals surface area contributed by atoms with Crippen LogP contribution in [0.1, 0.15) is 43.0 Å². The normalized spacial score (nSPS) is 13.6. The number of aromatic nitrogens is 2. The van der Waals surface area contributed by atoms with Gasteiger partial charge in [-0.1, -0.05) is 25.3 Å². The van der Waals surface area contributed by atoms with Crippen LogP contribution in [0.25, 0.3) is 0 Å². The van der Waals surface area contributed by atoms with Crippen LogP contribution >= 0.6 is 11.5 Å². The molecule has 1 unspecified atom stereocenters. The lowest BCUT2D eigenvalue weighted by Gasteiger charge is -2.19. The third-order valence-corrected chi connectivity index (χ3v) is 3.61. The lowest BCUT2D eigenvalue weighted by molar-refractivity contribution is 0.213. The highest BCUT2D eigenvalue weighted by atomic mass is 32.1. The fraction of sp³-hybridized carbons (Fsp3) is 0.385. The second-order valence-electron chi connectivity index (χ2n) is 5.40. The smallest absolute Gasteiger partial charge is 0.194 e. The van der Waals surface area contributed by atoms with Crippen molar-refractivity contribution in [3.8, 4) is 0 Å². The second kappa shape index (κ2) is 5.14. The summed E-state index contributed by atoms with van der Waals surface area (Å²) in [5.41, 5.74) is -0.238. The summed E-state index contributed by atoms with van der Waals surface area (Å²) in [6, 6.07) is 1.80. The highest BCUT2D eigenvalue weighted by Crippen LogP contribution is 2.35. The van der Waals surface area contributed by atoms with Gasteiger partial charge in [-0.15, -0.1) is 5.10 Å². The first-order valence-electron chi connectivity index (χ1n) is 5.87. The zero-order valence-electron chi connectivity index (χ0n) is 11.1. The zero-order valence-corrected chi connectivity index (χ0v) is 11.9. The van der Waals surface area contributed by atoms with Crippen LogP contribution in [0.15, 0.2) is 12.1 Å². The lowest BCUT2D eigenvalue weighted by atomic mass is 9.89. The van der Waals surface area contributed by atoms with Gasteiger partial charge in [0.05, 0.1) is 10.6 Å². The summed E-state index contributed by atoms with van der Waals surface area (Å²) in [5.74, 6) is -4.29. The van der Waals surface area contributed by atoms with E-state index in [1.165, 1.54) is 0 Å². The average Bonchev–Trinajstić information content (AvgIpc) is 2.84. The first kappa shape index (κ1) is 14.9. The zero-order chi connectivity index (χ0) is 15.1. The van der Waals surface area contributed by atoms with Gasteiger partial charge in [-0.05, 0) is 23.7 Å². The summed E-state index contributed by atoms with van der Waals surface area (Å²) >= 11 is 0.904. The summed E-state index contributed by atoms with van der Waals surface area (Å²) < 4.78 is 43.6. The van der Waals surface area contributed by atoms with Crippen molar-refractivity contribution in [3.05, 3.63) is 45.7 Å². The molecule has 0 spiro atoms. The molecule has 20 heavy (non-hydrogen) atoms. The minimum Gasteiger partial charge on any atom is -0.383 e. The Morgan fingerprint density at radius 2 is 1.80 bits per heavy atom. The molecule has 1 aromatic heterocycles. The molecule has 2 aromatic rings. The first-order valence-corrected chi connectivity index (χ1v) is 6.65. The van der Waals surface area contributed by atoms with Crippen molar-refractivity contribution in [2.75, 3.05) is 0 Å². The summed E-state index contributed by atoms with van der Waals surface area (Å²) in [6.07, 6.45) is -1.43. The van der Waals surface area contributed by atoms with Crippen molar-refractivity contribution >= 4 is 11.5 Å². The van der Waals surface area contributed by atoms with E-state index in [-0.39, 0.29) is 5.56 Å². The van der Waals surface area contributed by atoms with E-state index in [9.17, 15) is 18.3 Å². The summed E-state index contributed by atoms with van der Waals surface area (Å²) in [4.78, 5) is 0.322. The molecule has 1 atom stereocenters. The van der Waals surface area contributed by atoms with Crippen molar-refractivity contribution in [2.45, 2.75) is 32.3 Å². The fourth-order valence-corrected chi connectivity index (χ4v) is 2.66. The van der Waals surface area contributed by atoms with Gasteiger partial charge in [-0.2, -0.15) is 0 Å². The predicted molar refractivity (Wildman–Crippen MR) is 69.0 cm³/mol. The molecule has 0 aliphatic rings. The maximum Gasteiger partial charge on any atom is 0.194 e. The Bertz CT molecular complexity index is 637. The highest BCUT2D eigenvalue weighted by Gasteiger charge is 2.29. The number of nitrogens with zero attached hydrogens (tertiary/aromatic N) is 2. The van der Waals surface area contributed by atoms with Crippen LogP contribution in [0.3, 0.4) is 0 Å². The van der Waals surface area contributed by atoms with Crippen LogP contribution in [0.4, 0.5) is 13.2 Å². The average molecular weight is 302 g/mol. The van der Waals surface area contributed by atoms with Crippen LogP contribution in [0, 0.1) is 17.5 Å². The molecule has 0 aliphatic heterocycles. The molecule has 0 bridgehead atoms. The Morgan fingerprint density at radius 1 is 1.15 bits per heavy atom. The molecule has 1 aromatic carbocycles. The van der Waals surface area contributed by atoms with Crippen molar-refractivity contribution in [2.24, 2.45) is 0 Å². The van der Waals surface area contributed by atoms with Gasteiger partial charge >= 0.3 is 0 Å². The van der Waals surface area contributed by atoms with Crippen LogP contribution < -0.4 is 0 Å². The van der Waals surface area contributed by atoms with E-state index in [4.69, 9.17) is 0 Å². The van der Waals surface area contributed by atoms with Gasteiger partial charge in [0.25, 0.3) is 0 Å². The topological polar surface area (TPSA) is 46.0 Å². The van der Waals surface area contributed by atoms with E-state index in [1.54, 1.807) is 0 Å². The Labute approximate surface area is 118 Å². The predicted octanol–water partition coefficient (Wildman–Crippen LogP) is 3.33. The highest BCUT2D eigenvalue weighted by molar-refractivity contribution is 7.05. The van der Waals surface area contributed by atoms with Gasteiger partial charge in [0.2, 0.25) is 0 Å². The van der Waals surface area contributed by atoms with Crippen molar-refractivity contribution in [1.82, 2.24) is 9.59 Å². The van der Waals surface area contributed by atoms with Gasteiger partial charge in [0.1, 0.15) is 6.10 Å². The van der Waals surface area contributed by atoms with Gasteiger partial charge in [-0.3, -0.25) is 0 Å². The molecule has 1 N–H and O–H groups in total. The van der Waals surface area contributed by atoms with E-state index in [1.807, 2.05) is 20.8 Å². The Morgan fingerprint density at radius 3 is 2.40 bits per heavy atom. The summed E-state index contributed by atoms with van der Waals surface area (Å²) in [7, 11) is 0. The monoisotopic (exact) mass is 302 g/mol. The number of aliphatic hydroxyl groups is 1. The summed E-state index contributed by atoms with van der Waals surface area (Å²) in [6.45, 7) is 5.59. The molecule has 0 fully saturated rings. The third-order valence-electron chi connectivity index (χ3n) is 2.83.